The summed E-state index contributed by atoms with van der Waals surface area (Å²) in [6.45, 7) is 4.63. The molecule has 0 aliphatic carbocycles. The molecule has 1 rings (SSSR count). The van der Waals surface area contributed by atoms with Gasteiger partial charge < -0.3 is 15.6 Å². The largest absolute Gasteiger partial charge is 0.506 e. The van der Waals surface area contributed by atoms with Crippen molar-refractivity contribution in [3.8, 4) is 5.75 Å². The molecule has 108 valence electrons. The van der Waals surface area contributed by atoms with Crippen LogP contribution in [0.5, 0.6) is 5.75 Å². The number of nitrogens with two attached hydrogens (primary N) is 1. The normalized spacial score (nSPS) is 11.9. The van der Waals surface area contributed by atoms with E-state index >= 15 is 0 Å². The average Bonchev–Trinajstić information content (AvgIpc) is 2.31. The lowest BCUT2D eigenvalue weighted by Crippen LogP contribution is -2.26. The van der Waals surface area contributed by atoms with Gasteiger partial charge in [0.2, 0.25) is 10.0 Å². The summed E-state index contributed by atoms with van der Waals surface area (Å²) in [5.41, 5.74) is 5.50. The van der Waals surface area contributed by atoms with E-state index in [0.717, 1.165) is 0 Å². The van der Waals surface area contributed by atoms with E-state index in [1.165, 1.54) is 18.2 Å². The Hall–Kier alpha value is -1.31. The number of phenols is 1. The number of hydrogen-bond donors (Lipinski definition) is 3. The van der Waals surface area contributed by atoms with Crippen molar-refractivity contribution < 1.29 is 18.3 Å². The molecular weight excluding hydrogens is 268 g/mol. The molecule has 0 amide bonds. The summed E-state index contributed by atoms with van der Waals surface area (Å²) in [4.78, 5) is 0.0348. The molecular formula is C12H20N2O4S. The monoisotopic (exact) mass is 288 g/mol. The zero-order valence-corrected chi connectivity index (χ0v) is 11.9. The third-order valence-corrected chi connectivity index (χ3v) is 3.83. The molecule has 0 unspecified atom stereocenters. The van der Waals surface area contributed by atoms with Gasteiger partial charge in [0.15, 0.2) is 0 Å². The fourth-order valence-electron chi connectivity index (χ4n) is 1.38. The summed E-state index contributed by atoms with van der Waals surface area (Å²) in [6.07, 6.45) is 0.721. The van der Waals surface area contributed by atoms with Crippen molar-refractivity contribution in [3.63, 3.8) is 0 Å². The standard InChI is InChI=1S/C12H20N2O4S/c1-9(2)18-7-3-6-14-19(16,17)10-4-5-12(15)11(13)8-10/h4-5,8-9,14-15H,3,6-7,13H2,1-2H3. The van der Waals surface area contributed by atoms with Crippen LogP contribution in [0.25, 0.3) is 0 Å². The molecule has 0 aliphatic heterocycles. The molecule has 6 nitrogen and oxygen atoms in total. The molecule has 0 spiro atoms. The number of phenolic OH excluding ortho intramolecular Hbond substituents is 1. The number of ether oxygens (including phenoxy) is 1. The third kappa shape index (κ3) is 5.06. The fourth-order valence-corrected chi connectivity index (χ4v) is 2.49. The van der Waals surface area contributed by atoms with Gasteiger partial charge in [0, 0.05) is 13.2 Å². The average molecular weight is 288 g/mol. The molecule has 0 radical (unpaired) electrons. The number of hydrogen-bond acceptors (Lipinski definition) is 5. The lowest BCUT2D eigenvalue weighted by molar-refractivity contribution is 0.0778. The summed E-state index contributed by atoms with van der Waals surface area (Å²) in [5.74, 6) is -0.135. The van der Waals surface area contributed by atoms with Crippen LogP contribution < -0.4 is 10.5 Å². The van der Waals surface area contributed by atoms with Crippen LogP contribution >= 0.6 is 0 Å². The first kappa shape index (κ1) is 15.7. The van der Waals surface area contributed by atoms with Gasteiger partial charge in [0.05, 0.1) is 16.7 Å². The number of benzene rings is 1. The van der Waals surface area contributed by atoms with Gasteiger partial charge in [-0.1, -0.05) is 0 Å². The highest BCUT2D eigenvalue weighted by Gasteiger charge is 2.14. The maximum atomic E-state index is 11.9. The molecule has 7 heteroatoms. The van der Waals surface area contributed by atoms with Gasteiger partial charge in [0.25, 0.3) is 0 Å². The van der Waals surface area contributed by atoms with E-state index < -0.39 is 10.0 Å². The minimum absolute atomic E-state index is 0.0333. The highest BCUT2D eigenvalue weighted by Crippen LogP contribution is 2.22. The Bertz CT molecular complexity index is 514. The van der Waals surface area contributed by atoms with E-state index in [2.05, 4.69) is 4.72 Å². The Kier molecular flexibility index (Phi) is 5.59. The van der Waals surface area contributed by atoms with Crippen molar-refractivity contribution in [3.05, 3.63) is 18.2 Å². The zero-order chi connectivity index (χ0) is 14.5. The molecule has 0 atom stereocenters. The number of aromatic hydroxyl groups is 1. The predicted octanol–water partition coefficient (Wildman–Crippen LogP) is 1.07. The Labute approximate surface area is 113 Å². The molecule has 0 heterocycles. The van der Waals surface area contributed by atoms with Crippen LogP contribution in [-0.4, -0.2) is 32.8 Å². The number of nitrogen functional groups attached to an aromatic ring is 1. The number of rotatable bonds is 7. The van der Waals surface area contributed by atoms with Crippen LogP contribution in [0.4, 0.5) is 5.69 Å². The van der Waals surface area contributed by atoms with Crippen molar-refractivity contribution in [1.82, 2.24) is 4.72 Å². The summed E-state index contributed by atoms with van der Waals surface area (Å²) >= 11 is 0. The van der Waals surface area contributed by atoms with Gasteiger partial charge in [0.1, 0.15) is 5.75 Å². The van der Waals surface area contributed by atoms with Crippen LogP contribution in [0.15, 0.2) is 23.1 Å². The number of anilines is 1. The summed E-state index contributed by atoms with van der Waals surface area (Å²) in [6, 6.07) is 3.78. The summed E-state index contributed by atoms with van der Waals surface area (Å²) in [7, 11) is -3.60. The summed E-state index contributed by atoms with van der Waals surface area (Å²) in [5, 5.41) is 9.25. The fraction of sp³-hybridized carbons (Fsp3) is 0.500. The van der Waals surface area contributed by atoms with E-state index in [4.69, 9.17) is 10.5 Å². The molecule has 0 aliphatic rings. The summed E-state index contributed by atoms with van der Waals surface area (Å²) < 4.78 is 31.6. The maximum absolute atomic E-state index is 11.9. The molecule has 0 bridgehead atoms. The highest BCUT2D eigenvalue weighted by atomic mass is 32.2. The second kappa shape index (κ2) is 6.74. The molecule has 0 fully saturated rings. The second-order valence-electron chi connectivity index (χ2n) is 4.39. The molecule has 0 saturated heterocycles. The topological polar surface area (TPSA) is 102 Å². The van der Waals surface area contributed by atoms with Crippen molar-refractivity contribution in [1.29, 1.82) is 0 Å². The van der Waals surface area contributed by atoms with Crippen LogP contribution in [0.3, 0.4) is 0 Å². The van der Waals surface area contributed by atoms with Gasteiger partial charge in [-0.15, -0.1) is 0 Å². The van der Waals surface area contributed by atoms with Gasteiger partial charge in [-0.25, -0.2) is 13.1 Å². The smallest absolute Gasteiger partial charge is 0.240 e. The maximum Gasteiger partial charge on any atom is 0.240 e. The Morgan fingerprint density at radius 2 is 2.11 bits per heavy atom. The van der Waals surface area contributed by atoms with E-state index in [1.54, 1.807) is 0 Å². The second-order valence-corrected chi connectivity index (χ2v) is 6.16. The molecule has 1 aromatic carbocycles. The predicted molar refractivity (Wildman–Crippen MR) is 73.4 cm³/mol. The number of sulfonamides is 1. The van der Waals surface area contributed by atoms with Crippen LogP contribution in [0, 0.1) is 0 Å². The number of nitrogens with one attached hydrogen (secondary N) is 1. The van der Waals surface area contributed by atoms with Gasteiger partial charge in [-0.2, -0.15) is 0 Å². The van der Waals surface area contributed by atoms with E-state index in [-0.39, 0.29) is 29.0 Å². The van der Waals surface area contributed by atoms with Crippen LogP contribution in [0.1, 0.15) is 20.3 Å². The molecule has 19 heavy (non-hydrogen) atoms. The van der Waals surface area contributed by atoms with Crippen molar-refractivity contribution in [2.75, 3.05) is 18.9 Å². The van der Waals surface area contributed by atoms with Gasteiger partial charge in [-0.3, -0.25) is 0 Å². The van der Waals surface area contributed by atoms with E-state index in [1.807, 2.05) is 13.8 Å². The highest BCUT2D eigenvalue weighted by molar-refractivity contribution is 7.89. The van der Waals surface area contributed by atoms with E-state index in [9.17, 15) is 13.5 Å². The molecule has 0 saturated carbocycles. The lowest BCUT2D eigenvalue weighted by atomic mass is 10.3. The molecule has 1 aromatic rings. The van der Waals surface area contributed by atoms with E-state index in [0.29, 0.717) is 13.0 Å². The Balaban J connectivity index is 2.54. The van der Waals surface area contributed by atoms with Crippen LogP contribution in [0.2, 0.25) is 0 Å². The van der Waals surface area contributed by atoms with Crippen molar-refractivity contribution in [2.45, 2.75) is 31.3 Å². The van der Waals surface area contributed by atoms with Gasteiger partial charge >= 0.3 is 0 Å². The first-order chi connectivity index (χ1) is 8.83. The third-order valence-electron chi connectivity index (χ3n) is 2.37. The van der Waals surface area contributed by atoms with Gasteiger partial charge in [-0.05, 0) is 38.5 Å². The Morgan fingerprint density at radius 1 is 1.42 bits per heavy atom. The van der Waals surface area contributed by atoms with Crippen LogP contribution in [-0.2, 0) is 14.8 Å². The lowest BCUT2D eigenvalue weighted by Gasteiger charge is -2.09. The van der Waals surface area contributed by atoms with Crippen molar-refractivity contribution in [2.24, 2.45) is 0 Å². The Morgan fingerprint density at radius 3 is 2.68 bits per heavy atom. The molecule has 4 N–H and O–H groups in total. The minimum Gasteiger partial charge on any atom is -0.506 e. The quantitative estimate of drug-likeness (QED) is 0.396. The first-order valence-electron chi connectivity index (χ1n) is 6.02. The zero-order valence-electron chi connectivity index (χ0n) is 11.1. The minimum atomic E-state index is -3.60. The first-order valence-corrected chi connectivity index (χ1v) is 7.51. The molecule has 0 aromatic heterocycles. The SMILES string of the molecule is CC(C)OCCCNS(=O)(=O)c1ccc(O)c(N)c1. The van der Waals surface area contributed by atoms with Crippen molar-refractivity contribution >= 4 is 15.7 Å².